The van der Waals surface area contributed by atoms with Crippen LogP contribution in [0.5, 0.6) is 0 Å². The van der Waals surface area contributed by atoms with Gasteiger partial charge in [0.2, 0.25) is 5.91 Å². The van der Waals surface area contributed by atoms with Crippen molar-refractivity contribution in [1.29, 1.82) is 0 Å². The first-order valence-corrected chi connectivity index (χ1v) is 8.80. The Morgan fingerprint density at radius 2 is 2.17 bits per heavy atom. The quantitative estimate of drug-likeness (QED) is 0.873. The molecule has 2 N–H and O–H groups in total. The number of benzene rings is 1. The predicted molar refractivity (Wildman–Crippen MR) is 95.0 cm³/mol. The molecule has 2 aliphatic carbocycles. The summed E-state index contributed by atoms with van der Waals surface area (Å²) < 4.78 is 0. The average molecular weight is 335 g/mol. The summed E-state index contributed by atoms with van der Waals surface area (Å²) in [4.78, 5) is 12.8. The van der Waals surface area contributed by atoms with Crippen LogP contribution in [-0.4, -0.2) is 25.0 Å². The second kappa shape index (κ2) is 6.45. The molecule has 0 bridgehead atoms. The Labute approximate surface area is 145 Å². The lowest BCUT2D eigenvalue weighted by Gasteiger charge is -2.31. The fraction of sp³-hybridized carbons (Fsp3) is 0.632. The van der Waals surface area contributed by atoms with E-state index >= 15 is 0 Å². The van der Waals surface area contributed by atoms with Crippen LogP contribution in [0.2, 0.25) is 0 Å². The normalized spacial score (nSPS) is 35.1. The van der Waals surface area contributed by atoms with Crippen LogP contribution in [0.3, 0.4) is 0 Å². The van der Waals surface area contributed by atoms with Crippen LogP contribution in [0.1, 0.15) is 43.7 Å². The number of halogens is 1. The summed E-state index contributed by atoms with van der Waals surface area (Å²) in [5.74, 6) is 1.04. The van der Waals surface area contributed by atoms with E-state index in [1.165, 1.54) is 30.4 Å². The Hall–Kier alpha value is -1.06. The Morgan fingerprint density at radius 1 is 1.35 bits per heavy atom. The maximum atomic E-state index is 12.8. The summed E-state index contributed by atoms with van der Waals surface area (Å²) in [6, 6.07) is 9.12. The van der Waals surface area contributed by atoms with E-state index < -0.39 is 0 Å². The van der Waals surface area contributed by atoms with Crippen LogP contribution in [0.4, 0.5) is 0 Å². The Morgan fingerprint density at radius 3 is 3.00 bits per heavy atom. The minimum atomic E-state index is 0. The molecule has 1 spiro atoms. The van der Waals surface area contributed by atoms with Gasteiger partial charge in [-0.15, -0.1) is 12.4 Å². The topological polar surface area (TPSA) is 41.1 Å². The first-order chi connectivity index (χ1) is 10.7. The van der Waals surface area contributed by atoms with Crippen molar-refractivity contribution in [2.75, 3.05) is 13.1 Å². The van der Waals surface area contributed by atoms with Crippen LogP contribution in [-0.2, 0) is 16.6 Å². The average Bonchev–Trinajstić information content (AvgIpc) is 3.25. The van der Waals surface area contributed by atoms with Crippen molar-refractivity contribution in [1.82, 2.24) is 10.6 Å². The van der Waals surface area contributed by atoms with Crippen LogP contribution in [0.15, 0.2) is 24.3 Å². The number of amides is 1. The van der Waals surface area contributed by atoms with Gasteiger partial charge in [0.15, 0.2) is 0 Å². The molecule has 0 aromatic heterocycles. The number of carbonyl (C=O) groups excluding carboxylic acids is 1. The predicted octanol–water partition coefficient (Wildman–Crippen LogP) is 2.82. The molecule has 4 unspecified atom stereocenters. The molecule has 3 nitrogen and oxygen atoms in total. The minimum Gasteiger partial charge on any atom is -0.353 e. The Balaban J connectivity index is 0.00000156. The summed E-state index contributed by atoms with van der Waals surface area (Å²) >= 11 is 0. The fourth-order valence-corrected chi connectivity index (χ4v) is 4.69. The van der Waals surface area contributed by atoms with Crippen molar-refractivity contribution in [3.8, 4) is 0 Å². The lowest BCUT2D eigenvalue weighted by Crippen LogP contribution is -2.49. The highest BCUT2D eigenvalue weighted by Crippen LogP contribution is 2.60. The standard InChI is InChI=1S/C19H26N2O.ClH/c1-13-12-20-10-8-17(13)21-18(22)16-11-19(16)9-4-6-14-5-2-3-7-15(14)19;/h2-3,5,7,13,16-17,20H,4,6,8-12H2,1H3,(H,21,22);1H. The number of carbonyl (C=O) groups is 1. The van der Waals surface area contributed by atoms with Gasteiger partial charge in [0.25, 0.3) is 0 Å². The van der Waals surface area contributed by atoms with Gasteiger partial charge in [-0.3, -0.25) is 4.79 Å². The number of hydrogen-bond acceptors (Lipinski definition) is 2. The van der Waals surface area contributed by atoms with Crippen LogP contribution in [0, 0.1) is 11.8 Å². The number of rotatable bonds is 2. The van der Waals surface area contributed by atoms with Crippen molar-refractivity contribution in [3.63, 3.8) is 0 Å². The summed E-state index contributed by atoms with van der Waals surface area (Å²) in [6.45, 7) is 4.27. The zero-order chi connectivity index (χ0) is 15.2. The highest BCUT2D eigenvalue weighted by molar-refractivity contribution is 5.85. The lowest BCUT2D eigenvalue weighted by molar-refractivity contribution is -0.124. The van der Waals surface area contributed by atoms with Crippen LogP contribution >= 0.6 is 12.4 Å². The number of fused-ring (bicyclic) bond motifs is 2. The third kappa shape index (κ3) is 2.89. The summed E-state index contributed by atoms with van der Waals surface area (Å²) in [5.41, 5.74) is 3.09. The maximum absolute atomic E-state index is 12.8. The smallest absolute Gasteiger partial charge is 0.224 e. The van der Waals surface area contributed by atoms with Gasteiger partial charge in [-0.1, -0.05) is 31.2 Å². The summed E-state index contributed by atoms with van der Waals surface area (Å²) in [7, 11) is 0. The van der Waals surface area contributed by atoms with E-state index in [0.29, 0.717) is 17.9 Å². The molecule has 23 heavy (non-hydrogen) atoms. The van der Waals surface area contributed by atoms with Crippen molar-refractivity contribution in [2.45, 2.75) is 50.5 Å². The molecule has 2 fully saturated rings. The molecule has 1 heterocycles. The van der Waals surface area contributed by atoms with Crippen LogP contribution in [0.25, 0.3) is 0 Å². The molecular weight excluding hydrogens is 308 g/mol. The van der Waals surface area contributed by atoms with E-state index in [-0.39, 0.29) is 23.7 Å². The van der Waals surface area contributed by atoms with Crippen LogP contribution < -0.4 is 10.6 Å². The number of aryl methyl sites for hydroxylation is 1. The molecule has 4 heteroatoms. The second-order valence-electron chi connectivity index (χ2n) is 7.51. The number of hydrogen-bond donors (Lipinski definition) is 2. The third-order valence-corrected chi connectivity index (χ3v) is 6.13. The molecule has 0 radical (unpaired) electrons. The van der Waals surface area contributed by atoms with Gasteiger partial charge in [-0.05, 0) is 62.2 Å². The molecule has 4 atom stereocenters. The first kappa shape index (κ1) is 16.8. The van der Waals surface area contributed by atoms with Gasteiger partial charge in [0.1, 0.15) is 0 Å². The molecule has 126 valence electrons. The van der Waals surface area contributed by atoms with E-state index in [9.17, 15) is 4.79 Å². The molecule has 1 amide bonds. The molecule has 1 aromatic carbocycles. The zero-order valence-corrected chi connectivity index (χ0v) is 14.6. The highest BCUT2D eigenvalue weighted by atomic mass is 35.5. The molecule has 1 saturated heterocycles. The van der Waals surface area contributed by atoms with Crippen molar-refractivity contribution in [2.24, 2.45) is 11.8 Å². The largest absolute Gasteiger partial charge is 0.353 e. The molecular formula is C19H27ClN2O. The van der Waals surface area contributed by atoms with Gasteiger partial charge < -0.3 is 10.6 Å². The number of piperidine rings is 1. The maximum Gasteiger partial charge on any atom is 0.224 e. The van der Waals surface area contributed by atoms with Gasteiger partial charge in [-0.2, -0.15) is 0 Å². The molecule has 4 rings (SSSR count). The van der Waals surface area contributed by atoms with Crippen molar-refractivity contribution < 1.29 is 4.79 Å². The summed E-state index contributed by atoms with van der Waals surface area (Å²) in [6.07, 6.45) is 5.70. The van der Waals surface area contributed by atoms with Gasteiger partial charge in [0.05, 0.1) is 0 Å². The zero-order valence-electron chi connectivity index (χ0n) is 13.8. The van der Waals surface area contributed by atoms with Gasteiger partial charge in [-0.25, -0.2) is 0 Å². The molecule has 1 saturated carbocycles. The summed E-state index contributed by atoms with van der Waals surface area (Å²) in [5, 5.41) is 6.76. The SMILES string of the molecule is CC1CNCCC1NC(=O)C1CC12CCCc1ccccc12.Cl. The molecule has 1 aromatic rings. The molecule has 3 aliphatic rings. The van der Waals surface area contributed by atoms with Crippen molar-refractivity contribution >= 4 is 18.3 Å². The van der Waals surface area contributed by atoms with Gasteiger partial charge >= 0.3 is 0 Å². The Bertz CT molecular complexity index is 590. The van der Waals surface area contributed by atoms with Gasteiger partial charge in [0, 0.05) is 17.4 Å². The third-order valence-electron chi connectivity index (χ3n) is 6.13. The number of nitrogens with one attached hydrogen (secondary N) is 2. The monoisotopic (exact) mass is 334 g/mol. The Kier molecular flexibility index (Phi) is 4.70. The first-order valence-electron chi connectivity index (χ1n) is 8.80. The minimum absolute atomic E-state index is 0. The second-order valence-corrected chi connectivity index (χ2v) is 7.51. The van der Waals surface area contributed by atoms with E-state index in [1.54, 1.807) is 0 Å². The fourth-order valence-electron chi connectivity index (χ4n) is 4.69. The van der Waals surface area contributed by atoms with E-state index in [0.717, 1.165) is 25.9 Å². The van der Waals surface area contributed by atoms with E-state index in [1.807, 2.05) is 0 Å². The van der Waals surface area contributed by atoms with Crippen molar-refractivity contribution in [3.05, 3.63) is 35.4 Å². The molecule has 1 aliphatic heterocycles. The highest BCUT2D eigenvalue weighted by Gasteiger charge is 2.60. The van der Waals surface area contributed by atoms with E-state index in [4.69, 9.17) is 0 Å². The lowest BCUT2D eigenvalue weighted by atomic mass is 9.78. The van der Waals surface area contributed by atoms with E-state index in [2.05, 4.69) is 41.8 Å².